The summed E-state index contributed by atoms with van der Waals surface area (Å²) in [4.78, 5) is 10.2. The van der Waals surface area contributed by atoms with Gasteiger partial charge in [0.2, 0.25) is 0 Å². The summed E-state index contributed by atoms with van der Waals surface area (Å²) in [6.07, 6.45) is 0.388. The van der Waals surface area contributed by atoms with E-state index in [-0.39, 0.29) is 5.69 Å². The van der Waals surface area contributed by atoms with Crippen LogP contribution in [-0.2, 0) is 6.42 Å². The molecule has 1 rings (SSSR count). The Kier molecular flexibility index (Phi) is 4.05. The Morgan fingerprint density at radius 1 is 1.60 bits per heavy atom. The molecule has 0 saturated carbocycles. The number of nitro benzene ring substituents is 1. The molecule has 0 fully saturated rings. The van der Waals surface area contributed by atoms with E-state index in [0.717, 1.165) is 0 Å². The molecule has 0 aliphatic heterocycles. The van der Waals surface area contributed by atoms with E-state index >= 15 is 0 Å². The van der Waals surface area contributed by atoms with Gasteiger partial charge in [-0.15, -0.1) is 0 Å². The van der Waals surface area contributed by atoms with Gasteiger partial charge >= 0.3 is 0 Å². The Morgan fingerprint density at radius 3 is 2.80 bits per heavy atom. The fourth-order valence-electron chi connectivity index (χ4n) is 1.32. The van der Waals surface area contributed by atoms with Crippen molar-refractivity contribution in [3.8, 4) is 0 Å². The van der Waals surface area contributed by atoms with E-state index in [9.17, 15) is 10.1 Å². The van der Waals surface area contributed by atoms with Crippen LogP contribution in [0.3, 0.4) is 0 Å². The topological polar surface area (TPSA) is 63.4 Å². The number of benzene rings is 1. The maximum Gasteiger partial charge on any atom is 0.274 e. The first-order chi connectivity index (χ1) is 7.02. The minimum absolute atomic E-state index is 0.0168. The lowest BCUT2D eigenvalue weighted by Crippen LogP contribution is -2.04. The fraction of sp³-hybridized carbons (Fsp3) is 0.400. The van der Waals surface area contributed by atoms with Crippen LogP contribution < -0.4 is 0 Å². The van der Waals surface area contributed by atoms with Gasteiger partial charge in [-0.1, -0.05) is 17.7 Å². The van der Waals surface area contributed by atoms with Crippen molar-refractivity contribution in [3.63, 3.8) is 0 Å². The Labute approximate surface area is 92.6 Å². The number of halogens is 1. The molecule has 1 atom stereocenters. The molecule has 0 bridgehead atoms. The summed E-state index contributed by atoms with van der Waals surface area (Å²) in [5, 5.41) is 20.2. The van der Waals surface area contributed by atoms with Gasteiger partial charge in [0, 0.05) is 11.6 Å². The molecule has 4 nitrogen and oxygen atoms in total. The summed E-state index contributed by atoms with van der Waals surface area (Å²) in [5.41, 5.74) is 0.508. The molecule has 0 aliphatic rings. The van der Waals surface area contributed by atoms with E-state index in [1.807, 2.05) is 0 Å². The van der Waals surface area contributed by atoms with Gasteiger partial charge in [-0.25, -0.2) is 0 Å². The van der Waals surface area contributed by atoms with Gasteiger partial charge in [-0.05, 0) is 25.8 Å². The van der Waals surface area contributed by atoms with Gasteiger partial charge in [0.25, 0.3) is 5.69 Å². The zero-order valence-corrected chi connectivity index (χ0v) is 9.07. The molecule has 0 saturated heterocycles. The predicted octanol–water partition coefficient (Wildman–Crippen LogP) is 2.56. The van der Waals surface area contributed by atoms with Gasteiger partial charge < -0.3 is 5.11 Å². The first-order valence-electron chi connectivity index (χ1n) is 4.62. The molecule has 1 aromatic rings. The molecule has 82 valence electrons. The standard InChI is InChI=1S/C10H12ClNO3/c1-7(13)5-6-8-9(11)3-2-4-10(8)12(14)15/h2-4,7,13H,5-6H2,1H3/t7-/m0/s1. The Bertz CT molecular complexity index is 366. The number of nitrogens with zero attached hydrogens (tertiary/aromatic N) is 1. The van der Waals surface area contributed by atoms with Gasteiger partial charge in [-0.3, -0.25) is 10.1 Å². The SMILES string of the molecule is C[C@H](O)CCc1c(Cl)cccc1[N+](=O)[O-]. The van der Waals surface area contributed by atoms with Gasteiger partial charge in [0.05, 0.1) is 16.0 Å². The molecule has 0 unspecified atom stereocenters. The number of hydrogen-bond donors (Lipinski definition) is 1. The third kappa shape index (κ3) is 3.18. The van der Waals surface area contributed by atoms with Crippen molar-refractivity contribution in [3.05, 3.63) is 38.9 Å². The summed E-state index contributed by atoms with van der Waals surface area (Å²) >= 11 is 5.87. The van der Waals surface area contributed by atoms with E-state index in [4.69, 9.17) is 16.7 Å². The van der Waals surface area contributed by atoms with Gasteiger partial charge in [0.1, 0.15) is 0 Å². The maximum atomic E-state index is 10.7. The fourth-order valence-corrected chi connectivity index (χ4v) is 1.58. The molecule has 0 spiro atoms. The third-order valence-corrected chi connectivity index (χ3v) is 2.46. The van der Waals surface area contributed by atoms with Crippen LogP contribution >= 0.6 is 11.6 Å². The number of hydrogen-bond acceptors (Lipinski definition) is 3. The maximum absolute atomic E-state index is 10.7. The van der Waals surface area contributed by atoms with Crippen LogP contribution in [0.1, 0.15) is 18.9 Å². The number of aliphatic hydroxyl groups is 1. The van der Waals surface area contributed by atoms with Crippen molar-refractivity contribution in [1.29, 1.82) is 0 Å². The highest BCUT2D eigenvalue weighted by Gasteiger charge is 2.16. The zero-order chi connectivity index (χ0) is 11.4. The molecular weight excluding hydrogens is 218 g/mol. The van der Waals surface area contributed by atoms with Crippen LogP contribution in [0.15, 0.2) is 18.2 Å². The van der Waals surface area contributed by atoms with Crippen LogP contribution in [0, 0.1) is 10.1 Å². The Balaban J connectivity index is 2.97. The van der Waals surface area contributed by atoms with E-state index in [0.29, 0.717) is 23.4 Å². The Hall–Kier alpha value is -1.13. The van der Waals surface area contributed by atoms with Gasteiger partial charge in [-0.2, -0.15) is 0 Å². The van der Waals surface area contributed by atoms with E-state index in [2.05, 4.69) is 0 Å². The van der Waals surface area contributed by atoms with Crippen LogP contribution in [0.4, 0.5) is 5.69 Å². The van der Waals surface area contributed by atoms with Crippen molar-refractivity contribution in [2.75, 3.05) is 0 Å². The quantitative estimate of drug-likeness (QED) is 0.638. The zero-order valence-electron chi connectivity index (χ0n) is 8.31. The second-order valence-corrected chi connectivity index (χ2v) is 3.79. The van der Waals surface area contributed by atoms with Crippen molar-refractivity contribution in [2.45, 2.75) is 25.9 Å². The highest BCUT2D eigenvalue weighted by Crippen LogP contribution is 2.27. The van der Waals surface area contributed by atoms with E-state index < -0.39 is 11.0 Å². The molecule has 0 radical (unpaired) electrons. The number of nitro groups is 1. The highest BCUT2D eigenvalue weighted by molar-refractivity contribution is 6.31. The lowest BCUT2D eigenvalue weighted by atomic mass is 10.1. The first-order valence-corrected chi connectivity index (χ1v) is 5.00. The van der Waals surface area contributed by atoms with Crippen molar-refractivity contribution in [1.82, 2.24) is 0 Å². The first kappa shape index (κ1) is 11.9. The molecule has 0 heterocycles. The molecule has 1 N–H and O–H groups in total. The van der Waals surface area contributed by atoms with Crippen LogP contribution in [-0.4, -0.2) is 16.1 Å². The minimum Gasteiger partial charge on any atom is -0.393 e. The summed E-state index contributed by atoms with van der Waals surface area (Å²) < 4.78 is 0. The summed E-state index contributed by atoms with van der Waals surface area (Å²) in [5.74, 6) is 0. The average Bonchev–Trinajstić information content (AvgIpc) is 2.15. The molecule has 0 aliphatic carbocycles. The smallest absolute Gasteiger partial charge is 0.274 e. The van der Waals surface area contributed by atoms with E-state index in [1.54, 1.807) is 19.1 Å². The minimum atomic E-state index is -0.485. The third-order valence-electron chi connectivity index (χ3n) is 2.10. The highest BCUT2D eigenvalue weighted by atomic mass is 35.5. The summed E-state index contributed by atoms with van der Waals surface area (Å²) in [6, 6.07) is 4.58. The number of aliphatic hydroxyl groups excluding tert-OH is 1. The lowest BCUT2D eigenvalue weighted by Gasteiger charge is -2.06. The second kappa shape index (κ2) is 5.09. The Morgan fingerprint density at radius 2 is 2.27 bits per heavy atom. The van der Waals surface area contributed by atoms with Crippen molar-refractivity contribution in [2.24, 2.45) is 0 Å². The summed E-state index contributed by atoms with van der Waals surface area (Å²) in [6.45, 7) is 1.64. The molecular formula is C10H12ClNO3. The normalized spacial score (nSPS) is 12.5. The second-order valence-electron chi connectivity index (χ2n) is 3.38. The van der Waals surface area contributed by atoms with Gasteiger partial charge in [0.15, 0.2) is 0 Å². The summed E-state index contributed by atoms with van der Waals surface area (Å²) in [7, 11) is 0. The lowest BCUT2D eigenvalue weighted by molar-refractivity contribution is -0.385. The van der Waals surface area contributed by atoms with E-state index in [1.165, 1.54) is 6.07 Å². The largest absolute Gasteiger partial charge is 0.393 e. The molecule has 0 amide bonds. The van der Waals surface area contributed by atoms with Crippen molar-refractivity contribution >= 4 is 17.3 Å². The van der Waals surface area contributed by atoms with Crippen LogP contribution in [0.25, 0.3) is 0 Å². The molecule has 15 heavy (non-hydrogen) atoms. The van der Waals surface area contributed by atoms with Crippen molar-refractivity contribution < 1.29 is 10.0 Å². The molecule has 1 aromatic carbocycles. The molecule has 5 heteroatoms. The monoisotopic (exact) mass is 229 g/mol. The molecule has 0 aromatic heterocycles. The predicted molar refractivity (Wildman–Crippen MR) is 58.1 cm³/mol. The average molecular weight is 230 g/mol. The van der Waals surface area contributed by atoms with Crippen LogP contribution in [0.5, 0.6) is 0 Å². The number of rotatable bonds is 4. The van der Waals surface area contributed by atoms with Crippen LogP contribution in [0.2, 0.25) is 5.02 Å².